The van der Waals surface area contributed by atoms with Gasteiger partial charge < -0.3 is 20.9 Å². The van der Waals surface area contributed by atoms with Crippen molar-refractivity contribution in [1.29, 1.82) is 0 Å². The number of nitrogens with one attached hydrogen (secondary N) is 3. The molecule has 3 amide bonds. The van der Waals surface area contributed by atoms with Gasteiger partial charge in [-0.05, 0) is 45.9 Å². The van der Waals surface area contributed by atoms with E-state index in [4.69, 9.17) is 0 Å². The van der Waals surface area contributed by atoms with Crippen LogP contribution in [0.1, 0.15) is 26.7 Å². The highest BCUT2D eigenvalue weighted by Crippen LogP contribution is 2.16. The third-order valence-corrected chi connectivity index (χ3v) is 4.11. The SMILES string of the molecule is CNC1CCCN(C(=O)C(C)(C)NC(=O)Nc2ccccc2)C1. The van der Waals surface area contributed by atoms with Crippen LogP contribution < -0.4 is 16.0 Å². The Labute approximate surface area is 137 Å². The van der Waals surface area contributed by atoms with Gasteiger partial charge in [0, 0.05) is 24.8 Å². The number of anilines is 1. The van der Waals surface area contributed by atoms with Crippen molar-refractivity contribution in [3.8, 4) is 0 Å². The van der Waals surface area contributed by atoms with Gasteiger partial charge in [-0.3, -0.25) is 4.79 Å². The van der Waals surface area contributed by atoms with Crippen LogP contribution in [0.2, 0.25) is 0 Å². The minimum atomic E-state index is -0.950. The maximum atomic E-state index is 12.7. The number of carbonyl (C=O) groups excluding carboxylic acids is 2. The fourth-order valence-electron chi connectivity index (χ4n) is 2.81. The molecule has 1 aromatic carbocycles. The lowest BCUT2D eigenvalue weighted by Crippen LogP contribution is -2.59. The molecule has 0 bridgehead atoms. The van der Waals surface area contributed by atoms with Crippen molar-refractivity contribution >= 4 is 17.6 Å². The van der Waals surface area contributed by atoms with Crippen molar-refractivity contribution in [2.24, 2.45) is 0 Å². The number of rotatable bonds is 4. The molecule has 23 heavy (non-hydrogen) atoms. The summed E-state index contributed by atoms with van der Waals surface area (Å²) in [6.07, 6.45) is 2.05. The molecule has 1 unspecified atom stereocenters. The Morgan fingerprint density at radius 1 is 1.22 bits per heavy atom. The van der Waals surface area contributed by atoms with Gasteiger partial charge in [0.1, 0.15) is 5.54 Å². The number of hydrogen-bond acceptors (Lipinski definition) is 3. The minimum Gasteiger partial charge on any atom is -0.339 e. The molecule has 0 aromatic heterocycles. The molecule has 1 aliphatic heterocycles. The van der Waals surface area contributed by atoms with Crippen molar-refractivity contribution in [1.82, 2.24) is 15.5 Å². The summed E-state index contributed by atoms with van der Waals surface area (Å²) < 4.78 is 0. The van der Waals surface area contributed by atoms with Crippen LogP contribution in [0.25, 0.3) is 0 Å². The number of carbonyl (C=O) groups is 2. The molecule has 6 nitrogen and oxygen atoms in total. The van der Waals surface area contributed by atoms with Crippen LogP contribution in [0, 0.1) is 0 Å². The third-order valence-electron chi connectivity index (χ3n) is 4.11. The van der Waals surface area contributed by atoms with Crippen LogP contribution >= 0.6 is 0 Å². The largest absolute Gasteiger partial charge is 0.339 e. The summed E-state index contributed by atoms with van der Waals surface area (Å²) in [6.45, 7) is 4.90. The fraction of sp³-hybridized carbons (Fsp3) is 0.529. The molecule has 0 radical (unpaired) electrons. The van der Waals surface area contributed by atoms with Gasteiger partial charge in [-0.15, -0.1) is 0 Å². The van der Waals surface area contributed by atoms with Crippen LogP contribution in [-0.4, -0.2) is 48.6 Å². The highest BCUT2D eigenvalue weighted by molar-refractivity contribution is 5.95. The number of benzene rings is 1. The molecule has 1 fully saturated rings. The normalized spacial score (nSPS) is 18.4. The molecule has 1 aromatic rings. The van der Waals surface area contributed by atoms with E-state index in [0.29, 0.717) is 18.3 Å². The number of likely N-dealkylation sites (N-methyl/N-ethyl adjacent to an activating group) is 1. The Morgan fingerprint density at radius 3 is 2.57 bits per heavy atom. The van der Waals surface area contributed by atoms with Gasteiger partial charge in [-0.2, -0.15) is 0 Å². The summed E-state index contributed by atoms with van der Waals surface area (Å²) in [5.41, 5.74) is -0.254. The van der Waals surface area contributed by atoms with Crippen LogP contribution in [-0.2, 0) is 4.79 Å². The number of urea groups is 1. The number of nitrogens with zero attached hydrogens (tertiary/aromatic N) is 1. The molecule has 0 saturated carbocycles. The smallest absolute Gasteiger partial charge is 0.320 e. The maximum Gasteiger partial charge on any atom is 0.320 e. The van der Waals surface area contributed by atoms with Crippen molar-refractivity contribution in [2.45, 2.75) is 38.3 Å². The zero-order valence-corrected chi connectivity index (χ0v) is 14.1. The first kappa shape index (κ1) is 17.3. The number of para-hydroxylation sites is 1. The van der Waals surface area contributed by atoms with Crippen molar-refractivity contribution in [2.75, 3.05) is 25.5 Å². The molecule has 126 valence electrons. The van der Waals surface area contributed by atoms with E-state index in [-0.39, 0.29) is 11.9 Å². The van der Waals surface area contributed by atoms with Crippen molar-refractivity contribution in [3.63, 3.8) is 0 Å². The molecular formula is C17H26N4O2. The van der Waals surface area contributed by atoms with Gasteiger partial charge in [0.25, 0.3) is 0 Å². The Balaban J connectivity index is 1.94. The second-order valence-corrected chi connectivity index (χ2v) is 6.45. The van der Waals surface area contributed by atoms with Gasteiger partial charge in [0.2, 0.25) is 5.91 Å². The molecule has 1 atom stereocenters. The zero-order valence-electron chi connectivity index (χ0n) is 14.1. The van der Waals surface area contributed by atoms with Crippen LogP contribution in [0.15, 0.2) is 30.3 Å². The number of piperidine rings is 1. The summed E-state index contributed by atoms with van der Waals surface area (Å²) in [7, 11) is 1.91. The first-order chi connectivity index (χ1) is 10.9. The van der Waals surface area contributed by atoms with Gasteiger partial charge >= 0.3 is 6.03 Å². The van der Waals surface area contributed by atoms with Gasteiger partial charge in [0.15, 0.2) is 0 Å². The van der Waals surface area contributed by atoms with Crippen LogP contribution in [0.5, 0.6) is 0 Å². The molecular weight excluding hydrogens is 292 g/mol. The lowest BCUT2D eigenvalue weighted by atomic mass is 9.99. The van der Waals surface area contributed by atoms with Crippen LogP contribution in [0.4, 0.5) is 10.5 Å². The molecule has 0 spiro atoms. The Kier molecular flexibility index (Phi) is 5.60. The average Bonchev–Trinajstić information content (AvgIpc) is 2.54. The summed E-state index contributed by atoms with van der Waals surface area (Å²) in [5.74, 6) is -0.0549. The summed E-state index contributed by atoms with van der Waals surface area (Å²) in [5, 5.41) is 8.74. The van der Waals surface area contributed by atoms with Gasteiger partial charge in [-0.25, -0.2) is 4.79 Å². The quantitative estimate of drug-likeness (QED) is 0.792. The highest BCUT2D eigenvalue weighted by atomic mass is 16.2. The number of likely N-dealkylation sites (tertiary alicyclic amines) is 1. The monoisotopic (exact) mass is 318 g/mol. The predicted molar refractivity (Wildman–Crippen MR) is 91.3 cm³/mol. The lowest BCUT2D eigenvalue weighted by molar-refractivity contribution is -0.138. The van der Waals surface area contributed by atoms with E-state index < -0.39 is 5.54 Å². The van der Waals surface area contributed by atoms with Gasteiger partial charge in [-0.1, -0.05) is 18.2 Å². The minimum absolute atomic E-state index is 0.0549. The molecule has 3 N–H and O–H groups in total. The number of hydrogen-bond donors (Lipinski definition) is 3. The summed E-state index contributed by atoms with van der Waals surface area (Å²) >= 11 is 0. The molecule has 1 saturated heterocycles. The zero-order chi connectivity index (χ0) is 16.9. The first-order valence-electron chi connectivity index (χ1n) is 8.03. The molecule has 6 heteroatoms. The maximum absolute atomic E-state index is 12.7. The molecule has 2 rings (SSSR count). The topological polar surface area (TPSA) is 73.5 Å². The second kappa shape index (κ2) is 7.46. The van der Waals surface area contributed by atoms with E-state index in [0.717, 1.165) is 19.4 Å². The van der Waals surface area contributed by atoms with E-state index in [1.54, 1.807) is 26.0 Å². The summed E-state index contributed by atoms with van der Waals surface area (Å²) in [4.78, 5) is 26.7. The van der Waals surface area contributed by atoms with E-state index in [2.05, 4.69) is 16.0 Å². The molecule has 0 aliphatic carbocycles. The Bertz CT molecular complexity index is 545. The predicted octanol–water partition coefficient (Wildman–Crippen LogP) is 1.80. The number of amides is 3. The van der Waals surface area contributed by atoms with Crippen LogP contribution in [0.3, 0.4) is 0 Å². The average molecular weight is 318 g/mol. The lowest BCUT2D eigenvalue weighted by Gasteiger charge is -2.37. The Morgan fingerprint density at radius 2 is 1.91 bits per heavy atom. The summed E-state index contributed by atoms with van der Waals surface area (Å²) in [6, 6.07) is 9.12. The van der Waals surface area contributed by atoms with E-state index in [1.807, 2.05) is 30.1 Å². The van der Waals surface area contributed by atoms with Gasteiger partial charge in [0.05, 0.1) is 0 Å². The molecule has 1 aliphatic rings. The molecule has 1 heterocycles. The van der Waals surface area contributed by atoms with E-state index in [1.165, 1.54) is 0 Å². The van der Waals surface area contributed by atoms with Crippen molar-refractivity contribution in [3.05, 3.63) is 30.3 Å². The van der Waals surface area contributed by atoms with E-state index >= 15 is 0 Å². The third kappa shape index (κ3) is 4.69. The standard InChI is InChI=1S/C17H26N4O2/c1-17(2,15(22)21-11-7-10-14(12-21)18-3)20-16(23)19-13-8-5-4-6-9-13/h4-6,8-9,14,18H,7,10-12H2,1-3H3,(H2,19,20,23). The van der Waals surface area contributed by atoms with Crippen molar-refractivity contribution < 1.29 is 9.59 Å². The first-order valence-corrected chi connectivity index (χ1v) is 8.03. The second-order valence-electron chi connectivity index (χ2n) is 6.45. The Hall–Kier alpha value is -2.08. The van der Waals surface area contributed by atoms with E-state index in [9.17, 15) is 9.59 Å². The highest BCUT2D eigenvalue weighted by Gasteiger charge is 2.35. The fourth-order valence-corrected chi connectivity index (χ4v) is 2.81.